The summed E-state index contributed by atoms with van der Waals surface area (Å²) in [5.74, 6) is 6.38. The van der Waals surface area contributed by atoms with Crippen LogP contribution in [0.4, 0.5) is 16.0 Å². The summed E-state index contributed by atoms with van der Waals surface area (Å²) in [6.45, 7) is 6.24. The van der Waals surface area contributed by atoms with Gasteiger partial charge in [-0.25, -0.2) is 28.7 Å². The molecule has 2 unspecified atom stereocenters. The topological polar surface area (TPSA) is 120 Å². The minimum Gasteiger partial charge on any atom is -0.356 e. The van der Waals surface area contributed by atoms with E-state index in [0.29, 0.717) is 23.9 Å². The second-order valence-electron chi connectivity index (χ2n) is 10.4. The molecule has 13 heteroatoms. The lowest BCUT2D eigenvalue weighted by atomic mass is 10.2. The van der Waals surface area contributed by atoms with Crippen LogP contribution < -0.4 is 21.5 Å². The van der Waals surface area contributed by atoms with Crippen molar-refractivity contribution in [2.24, 2.45) is 18.9 Å². The first-order valence-electron chi connectivity index (χ1n) is 12.8. The molecule has 1 saturated carbocycles. The lowest BCUT2D eigenvalue weighted by Crippen LogP contribution is -2.40. The van der Waals surface area contributed by atoms with Gasteiger partial charge in [0.15, 0.2) is 11.2 Å². The summed E-state index contributed by atoms with van der Waals surface area (Å²) in [6, 6.07) is 3.02. The van der Waals surface area contributed by atoms with Crippen molar-refractivity contribution < 1.29 is 9.18 Å². The SMILES string of the molecule is CC#CCn1c(=O)c2c(ncn2[C@@H](C)C(=O)Nc2csc(-c3ccc(N4CC5C(C4)C5(C)F)nc3)n2)n(C)c1=O. The van der Waals surface area contributed by atoms with E-state index in [1.807, 2.05) is 12.1 Å². The zero-order valence-electron chi connectivity index (χ0n) is 22.4. The number of nitrogens with one attached hydrogen (secondary N) is 1. The van der Waals surface area contributed by atoms with Crippen molar-refractivity contribution in [2.45, 2.75) is 39.0 Å². The highest BCUT2D eigenvalue weighted by Crippen LogP contribution is 2.58. The number of amides is 1. The lowest BCUT2D eigenvalue weighted by molar-refractivity contribution is -0.118. The van der Waals surface area contributed by atoms with Crippen LogP contribution in [0.15, 0.2) is 39.6 Å². The highest BCUT2D eigenvalue weighted by molar-refractivity contribution is 7.13. The first-order chi connectivity index (χ1) is 19.1. The number of hydrogen-bond acceptors (Lipinski definition) is 8. The maximum Gasteiger partial charge on any atom is 0.333 e. The highest BCUT2D eigenvalue weighted by atomic mass is 32.1. The predicted molar refractivity (Wildman–Crippen MR) is 150 cm³/mol. The second kappa shape index (κ2) is 9.41. The molecule has 2 fully saturated rings. The number of rotatable bonds is 6. The number of fused-ring (bicyclic) bond motifs is 2. The quantitative estimate of drug-likeness (QED) is 0.359. The zero-order valence-corrected chi connectivity index (χ0v) is 23.2. The highest BCUT2D eigenvalue weighted by Gasteiger charge is 2.66. The van der Waals surface area contributed by atoms with Gasteiger partial charge < -0.3 is 14.8 Å². The van der Waals surface area contributed by atoms with Crippen LogP contribution in [0.2, 0.25) is 0 Å². The number of alkyl halides is 1. The van der Waals surface area contributed by atoms with Gasteiger partial charge in [-0.05, 0) is 32.9 Å². The predicted octanol–water partition coefficient (Wildman–Crippen LogP) is 2.43. The number of aromatic nitrogens is 6. The Balaban J connectivity index is 1.18. The van der Waals surface area contributed by atoms with Gasteiger partial charge in [-0.2, -0.15) is 0 Å². The minimum atomic E-state index is -1.04. The van der Waals surface area contributed by atoms with E-state index >= 15 is 0 Å². The number of thiazole rings is 1. The normalized spacial score (nSPS) is 22.1. The van der Waals surface area contributed by atoms with Crippen LogP contribution in [0.1, 0.15) is 26.8 Å². The third-order valence-electron chi connectivity index (χ3n) is 8.00. The Morgan fingerprint density at radius 3 is 2.70 bits per heavy atom. The van der Waals surface area contributed by atoms with Crippen LogP contribution in [0.25, 0.3) is 21.7 Å². The average Bonchev–Trinajstić information content (AvgIpc) is 3.53. The number of aryl methyl sites for hydroxylation is 1. The van der Waals surface area contributed by atoms with E-state index in [2.05, 4.69) is 37.0 Å². The van der Waals surface area contributed by atoms with Gasteiger partial charge in [-0.1, -0.05) is 5.92 Å². The largest absolute Gasteiger partial charge is 0.356 e. The summed E-state index contributed by atoms with van der Waals surface area (Å²) in [4.78, 5) is 54.3. The van der Waals surface area contributed by atoms with Gasteiger partial charge in [0.2, 0.25) is 5.91 Å². The van der Waals surface area contributed by atoms with Crippen LogP contribution in [0, 0.1) is 23.7 Å². The Morgan fingerprint density at radius 1 is 1.27 bits per heavy atom. The van der Waals surface area contributed by atoms with E-state index in [9.17, 15) is 18.8 Å². The van der Waals surface area contributed by atoms with Crippen molar-refractivity contribution in [1.29, 1.82) is 0 Å². The molecule has 0 spiro atoms. The van der Waals surface area contributed by atoms with Gasteiger partial charge >= 0.3 is 5.69 Å². The van der Waals surface area contributed by atoms with E-state index in [1.165, 1.54) is 33.8 Å². The number of halogens is 1. The smallest absolute Gasteiger partial charge is 0.333 e. The van der Waals surface area contributed by atoms with Crippen LogP contribution in [-0.4, -0.2) is 53.3 Å². The number of carbonyl (C=O) groups excluding carboxylic acids is 1. The molecule has 6 rings (SSSR count). The standard InChI is InChI=1S/C27H27FN8O3S/c1-5-6-9-35-25(38)21-22(33(4)26(35)39)30-14-36(21)15(2)23(37)31-19-13-40-24(32-19)16-7-8-20(29-10-16)34-11-17-18(12-34)27(17,3)28/h7-8,10,13-15,17-18H,9,11-12H2,1-4H3,(H,31,37)/t15-,17?,18?,27?/m0/s1. The molecule has 1 aliphatic heterocycles. The summed E-state index contributed by atoms with van der Waals surface area (Å²) in [6.07, 6.45) is 3.11. The summed E-state index contributed by atoms with van der Waals surface area (Å²) in [5, 5.41) is 5.22. The molecule has 206 valence electrons. The molecule has 1 N–H and O–H groups in total. The molecule has 4 aromatic heterocycles. The molecular weight excluding hydrogens is 535 g/mol. The Morgan fingerprint density at radius 2 is 2.02 bits per heavy atom. The van der Waals surface area contributed by atoms with Crippen molar-refractivity contribution in [2.75, 3.05) is 23.3 Å². The fourth-order valence-corrected chi connectivity index (χ4v) is 6.15. The van der Waals surface area contributed by atoms with Crippen LogP contribution in [-0.2, 0) is 18.4 Å². The van der Waals surface area contributed by atoms with Crippen molar-refractivity contribution in [3.63, 3.8) is 0 Å². The molecule has 0 radical (unpaired) electrons. The zero-order chi connectivity index (χ0) is 28.3. The average molecular weight is 563 g/mol. The number of nitrogens with zero attached hydrogens (tertiary/aromatic N) is 7. The Hall–Kier alpha value is -4.31. The van der Waals surface area contributed by atoms with Gasteiger partial charge in [-0.3, -0.25) is 14.2 Å². The van der Waals surface area contributed by atoms with Crippen molar-refractivity contribution in [3.8, 4) is 22.4 Å². The van der Waals surface area contributed by atoms with Gasteiger partial charge in [0.1, 0.15) is 28.4 Å². The number of carbonyl (C=O) groups is 1. The molecule has 4 aromatic rings. The molecule has 1 saturated heterocycles. The van der Waals surface area contributed by atoms with Crippen molar-refractivity contribution in [1.82, 2.24) is 28.7 Å². The summed E-state index contributed by atoms with van der Waals surface area (Å²) in [7, 11) is 1.52. The lowest BCUT2D eigenvalue weighted by Gasteiger charge is -2.21. The number of imidazole rings is 1. The van der Waals surface area contributed by atoms with Crippen molar-refractivity contribution in [3.05, 3.63) is 50.9 Å². The van der Waals surface area contributed by atoms with Gasteiger partial charge in [-0.15, -0.1) is 17.3 Å². The Bertz CT molecular complexity index is 1810. The van der Waals surface area contributed by atoms with Crippen LogP contribution >= 0.6 is 11.3 Å². The monoisotopic (exact) mass is 562 g/mol. The van der Waals surface area contributed by atoms with E-state index in [-0.39, 0.29) is 29.5 Å². The molecule has 5 heterocycles. The second-order valence-corrected chi connectivity index (χ2v) is 11.2. The molecular formula is C27H27FN8O3S. The third-order valence-corrected chi connectivity index (χ3v) is 8.89. The molecule has 2 aliphatic rings. The molecule has 1 aliphatic carbocycles. The number of piperidine rings is 1. The number of anilines is 2. The molecule has 40 heavy (non-hydrogen) atoms. The van der Waals surface area contributed by atoms with Crippen LogP contribution in [0.3, 0.4) is 0 Å². The molecule has 0 aromatic carbocycles. The van der Waals surface area contributed by atoms with Crippen LogP contribution in [0.5, 0.6) is 0 Å². The molecule has 3 atom stereocenters. The first-order valence-corrected chi connectivity index (χ1v) is 13.7. The van der Waals surface area contributed by atoms with Crippen molar-refractivity contribution >= 4 is 40.0 Å². The first kappa shape index (κ1) is 25.9. The molecule has 0 bridgehead atoms. The summed E-state index contributed by atoms with van der Waals surface area (Å²) in [5.41, 5.74) is -0.998. The molecule has 11 nitrogen and oxygen atoms in total. The fourth-order valence-electron chi connectivity index (χ4n) is 5.41. The fraction of sp³-hybridized carbons (Fsp3) is 0.407. The maximum atomic E-state index is 14.2. The maximum absolute atomic E-state index is 14.2. The Labute approximate surface area is 232 Å². The van der Waals surface area contributed by atoms with E-state index in [0.717, 1.165) is 15.9 Å². The van der Waals surface area contributed by atoms with Gasteiger partial charge in [0, 0.05) is 49.1 Å². The number of pyridine rings is 1. The van der Waals surface area contributed by atoms with E-state index < -0.39 is 28.9 Å². The molecule has 1 amide bonds. The van der Waals surface area contributed by atoms with Gasteiger partial charge in [0.05, 0.1) is 12.9 Å². The summed E-state index contributed by atoms with van der Waals surface area (Å²) < 4.78 is 17.9. The van der Waals surface area contributed by atoms with E-state index in [4.69, 9.17) is 0 Å². The number of hydrogen-bond donors (Lipinski definition) is 1. The van der Waals surface area contributed by atoms with E-state index in [1.54, 1.807) is 32.3 Å². The third kappa shape index (κ3) is 4.10. The summed E-state index contributed by atoms with van der Waals surface area (Å²) >= 11 is 1.36. The Kier molecular flexibility index (Phi) is 6.10. The minimum absolute atomic E-state index is 0.0583. The van der Waals surface area contributed by atoms with Gasteiger partial charge in [0.25, 0.3) is 5.56 Å².